The van der Waals surface area contributed by atoms with E-state index in [1.54, 1.807) is 18.2 Å². The lowest BCUT2D eigenvalue weighted by Crippen LogP contribution is -2.46. The molecule has 0 fully saturated rings. The van der Waals surface area contributed by atoms with Crippen LogP contribution in [0.4, 0.5) is 0 Å². The molecular formula is C40H76O4Si. The molecule has 0 spiro atoms. The molecule has 0 aromatic carbocycles. The van der Waals surface area contributed by atoms with E-state index in [1.807, 2.05) is 39.0 Å². The van der Waals surface area contributed by atoms with Gasteiger partial charge in [-0.2, -0.15) is 0 Å². The summed E-state index contributed by atoms with van der Waals surface area (Å²) in [6.07, 6.45) is 26.3. The Balaban J connectivity index is -0.000000667. The molecule has 0 rings (SSSR count). The zero-order valence-electron chi connectivity index (χ0n) is 31.1. The van der Waals surface area contributed by atoms with Gasteiger partial charge < -0.3 is 18.4 Å². The summed E-state index contributed by atoms with van der Waals surface area (Å²) in [7, 11) is -2.46. The van der Waals surface area contributed by atoms with Crippen LogP contribution in [0.5, 0.6) is 0 Å². The fourth-order valence-electron chi connectivity index (χ4n) is 5.67. The van der Waals surface area contributed by atoms with Crippen LogP contribution in [0.3, 0.4) is 0 Å². The van der Waals surface area contributed by atoms with Crippen molar-refractivity contribution in [2.24, 2.45) is 10.8 Å². The fourth-order valence-corrected chi connectivity index (χ4v) is 8.28. The zero-order valence-corrected chi connectivity index (χ0v) is 32.1. The van der Waals surface area contributed by atoms with E-state index in [1.165, 1.54) is 44.9 Å². The molecule has 0 heterocycles. The van der Waals surface area contributed by atoms with Gasteiger partial charge in [-0.05, 0) is 95.8 Å². The summed E-state index contributed by atoms with van der Waals surface area (Å²) in [4.78, 5) is 0. The van der Waals surface area contributed by atoms with Crippen molar-refractivity contribution >= 4 is 8.80 Å². The van der Waals surface area contributed by atoms with E-state index in [4.69, 9.17) is 13.3 Å². The highest BCUT2D eigenvalue weighted by molar-refractivity contribution is 6.60. The highest BCUT2D eigenvalue weighted by Crippen LogP contribution is 2.37. The highest BCUT2D eigenvalue weighted by Gasteiger charge is 2.40. The molecule has 0 radical (unpaired) electrons. The SMILES string of the molecule is C=CCC(C)(CC=C)CC=C.C=CCC(O)(CC=C)CC=C.CCCCC(C)(CCCC)CCC[Si](OCC)(OCC)OCC. The van der Waals surface area contributed by atoms with Crippen LogP contribution in [-0.2, 0) is 13.3 Å². The molecule has 0 aliphatic carbocycles. The van der Waals surface area contributed by atoms with Crippen molar-refractivity contribution in [3.8, 4) is 0 Å². The first kappa shape index (κ1) is 47.9. The van der Waals surface area contributed by atoms with E-state index in [2.05, 4.69) is 67.2 Å². The molecule has 0 amide bonds. The zero-order chi connectivity index (χ0) is 35.1. The van der Waals surface area contributed by atoms with E-state index in [-0.39, 0.29) is 0 Å². The second-order valence-corrected chi connectivity index (χ2v) is 15.6. The van der Waals surface area contributed by atoms with Crippen LogP contribution < -0.4 is 0 Å². The minimum atomic E-state index is -2.46. The Bertz CT molecular complexity index is 645. The number of allylic oxidation sites excluding steroid dienone is 3. The maximum absolute atomic E-state index is 9.80. The van der Waals surface area contributed by atoms with Gasteiger partial charge in [0.1, 0.15) is 0 Å². The van der Waals surface area contributed by atoms with Gasteiger partial charge in [0, 0.05) is 25.9 Å². The number of hydrogen-bond donors (Lipinski definition) is 1. The van der Waals surface area contributed by atoms with Gasteiger partial charge in [0.2, 0.25) is 0 Å². The lowest BCUT2D eigenvalue weighted by molar-refractivity contribution is 0.0496. The fraction of sp³-hybridized carbons (Fsp3) is 0.700. The second-order valence-electron chi connectivity index (χ2n) is 12.8. The predicted octanol–water partition coefficient (Wildman–Crippen LogP) is 12.4. The molecule has 0 saturated heterocycles. The van der Waals surface area contributed by atoms with Crippen molar-refractivity contribution in [3.63, 3.8) is 0 Å². The van der Waals surface area contributed by atoms with Gasteiger partial charge in [0.15, 0.2) is 0 Å². The van der Waals surface area contributed by atoms with Crippen LogP contribution in [0.2, 0.25) is 6.04 Å². The van der Waals surface area contributed by atoms with Crippen molar-refractivity contribution in [1.29, 1.82) is 0 Å². The van der Waals surface area contributed by atoms with Crippen molar-refractivity contribution in [2.45, 2.75) is 150 Å². The normalized spacial score (nSPS) is 11.7. The van der Waals surface area contributed by atoms with Crippen LogP contribution in [-0.4, -0.2) is 39.3 Å². The van der Waals surface area contributed by atoms with Crippen molar-refractivity contribution in [3.05, 3.63) is 75.9 Å². The molecule has 0 bridgehead atoms. The summed E-state index contributed by atoms with van der Waals surface area (Å²) in [5, 5.41) is 9.80. The molecule has 0 aliphatic heterocycles. The lowest BCUT2D eigenvalue weighted by Gasteiger charge is -2.32. The van der Waals surface area contributed by atoms with Crippen LogP contribution >= 0.6 is 0 Å². The smallest absolute Gasteiger partial charge is 0.389 e. The summed E-state index contributed by atoms with van der Waals surface area (Å²) in [5.74, 6) is 0. The Morgan fingerprint density at radius 2 is 0.822 bits per heavy atom. The average Bonchev–Trinajstić information content (AvgIpc) is 2.97. The Labute approximate surface area is 283 Å². The molecule has 1 N–H and O–H groups in total. The van der Waals surface area contributed by atoms with Crippen LogP contribution in [0, 0.1) is 10.8 Å². The summed E-state index contributed by atoms with van der Waals surface area (Å²) >= 11 is 0. The third kappa shape index (κ3) is 25.3. The number of rotatable bonds is 28. The van der Waals surface area contributed by atoms with Gasteiger partial charge in [0.05, 0.1) is 5.60 Å². The summed E-state index contributed by atoms with van der Waals surface area (Å²) in [6, 6.07) is 0.955. The number of unbranched alkanes of at least 4 members (excludes halogenated alkanes) is 2. The van der Waals surface area contributed by atoms with E-state index in [9.17, 15) is 5.11 Å². The standard InChI is InChI=1S/C19H42O3Si.C11H18.C10H16O/c1-7-12-15-19(6,16-13-8-2)17-14-18-23(20-9-3,21-10-4)22-11-5;1-5-8-11(4,9-6-2)10-7-3;1-4-7-10(11,8-5-2)9-6-3/h7-18H2,1-6H3;5-7H,1-3,8-10H2,4H3;4-6,11H,1-3,7-9H2. The van der Waals surface area contributed by atoms with Gasteiger partial charge >= 0.3 is 8.80 Å². The average molecular weight is 649 g/mol. The first-order valence-corrected chi connectivity index (χ1v) is 19.6. The largest absolute Gasteiger partial charge is 0.500 e. The Morgan fingerprint density at radius 3 is 1.09 bits per heavy atom. The quantitative estimate of drug-likeness (QED) is 0.0677. The summed E-state index contributed by atoms with van der Waals surface area (Å²) < 4.78 is 17.9. The van der Waals surface area contributed by atoms with Crippen molar-refractivity contribution in [2.75, 3.05) is 19.8 Å². The Kier molecular flexibility index (Phi) is 31.8. The first-order valence-electron chi connectivity index (χ1n) is 17.7. The summed E-state index contributed by atoms with van der Waals surface area (Å²) in [5.41, 5.74) is 0.0628. The number of hydrogen-bond acceptors (Lipinski definition) is 4. The third-order valence-corrected chi connectivity index (χ3v) is 11.3. The molecule has 5 heteroatoms. The maximum atomic E-state index is 9.80. The molecule has 0 aromatic rings. The summed E-state index contributed by atoms with van der Waals surface area (Å²) in [6.45, 7) is 39.4. The van der Waals surface area contributed by atoms with Crippen LogP contribution in [0.15, 0.2) is 75.9 Å². The van der Waals surface area contributed by atoms with E-state index in [0.717, 1.165) is 31.7 Å². The van der Waals surface area contributed by atoms with Gasteiger partial charge in [0.25, 0.3) is 0 Å². The molecule has 0 unspecified atom stereocenters. The molecule has 0 aromatic heterocycles. The Hall–Kier alpha value is -1.50. The minimum Gasteiger partial charge on any atom is -0.389 e. The topological polar surface area (TPSA) is 47.9 Å². The molecule has 4 nitrogen and oxygen atoms in total. The van der Waals surface area contributed by atoms with E-state index in [0.29, 0.717) is 49.9 Å². The first-order chi connectivity index (χ1) is 21.4. The van der Waals surface area contributed by atoms with Crippen LogP contribution in [0.25, 0.3) is 0 Å². The molecule has 0 atom stereocenters. The molecule has 264 valence electrons. The van der Waals surface area contributed by atoms with Gasteiger partial charge in [-0.15, -0.1) is 39.5 Å². The molecule has 0 saturated carbocycles. The monoisotopic (exact) mass is 649 g/mol. The van der Waals surface area contributed by atoms with Gasteiger partial charge in [-0.3, -0.25) is 0 Å². The lowest BCUT2D eigenvalue weighted by atomic mass is 9.77. The van der Waals surface area contributed by atoms with E-state index < -0.39 is 14.4 Å². The highest BCUT2D eigenvalue weighted by atomic mass is 28.4. The van der Waals surface area contributed by atoms with Crippen LogP contribution in [0.1, 0.15) is 138 Å². The molecule has 45 heavy (non-hydrogen) atoms. The van der Waals surface area contributed by atoms with Gasteiger partial charge in [-0.1, -0.05) is 89.8 Å². The predicted molar refractivity (Wildman–Crippen MR) is 204 cm³/mol. The third-order valence-electron chi connectivity index (χ3n) is 8.11. The molecular weight excluding hydrogens is 573 g/mol. The maximum Gasteiger partial charge on any atom is 0.500 e. The van der Waals surface area contributed by atoms with Gasteiger partial charge in [-0.25, -0.2) is 0 Å². The molecule has 0 aliphatic rings. The van der Waals surface area contributed by atoms with E-state index >= 15 is 0 Å². The Morgan fingerprint density at radius 1 is 0.511 bits per heavy atom. The van der Waals surface area contributed by atoms with Crippen molar-refractivity contribution in [1.82, 2.24) is 0 Å². The number of aliphatic hydroxyl groups is 1. The van der Waals surface area contributed by atoms with Crippen molar-refractivity contribution < 1.29 is 18.4 Å². The minimum absolute atomic E-state index is 0.297. The second kappa shape index (κ2) is 29.9.